The molecule has 0 saturated carbocycles. The largest absolute Gasteiger partial charge is 0.419 e. The zero-order valence-corrected chi connectivity index (χ0v) is 15.5. The van der Waals surface area contributed by atoms with Gasteiger partial charge in [-0.05, 0) is 41.0 Å². The Hall–Kier alpha value is 0.0500. The third kappa shape index (κ3) is 4.54. The van der Waals surface area contributed by atoms with Crippen LogP contribution in [0, 0.1) is 0 Å². The summed E-state index contributed by atoms with van der Waals surface area (Å²) in [6.45, 7) is 8.13. The van der Waals surface area contributed by atoms with Gasteiger partial charge in [0.25, 0.3) is 0 Å². The molecule has 0 aromatic heterocycles. The van der Waals surface area contributed by atoms with Gasteiger partial charge >= 0.3 is 13.8 Å². The van der Waals surface area contributed by atoms with Crippen LogP contribution in [0.2, 0.25) is 0 Å². The molecule has 2 atom stereocenters. The lowest BCUT2D eigenvalue weighted by molar-refractivity contribution is -0.171. The molecule has 0 aliphatic heterocycles. The summed E-state index contributed by atoms with van der Waals surface area (Å²) in [4.78, 5) is 0. The van der Waals surface area contributed by atoms with Crippen molar-refractivity contribution in [3.63, 3.8) is 0 Å². The fraction of sp³-hybridized carbons (Fsp3) is 1.00. The van der Waals surface area contributed by atoms with Crippen LogP contribution in [0.25, 0.3) is 0 Å². The van der Waals surface area contributed by atoms with E-state index in [0.29, 0.717) is 0 Å². The predicted molar refractivity (Wildman–Crippen MR) is 81.0 cm³/mol. The molecule has 0 fully saturated rings. The number of nitrogens with one attached hydrogen (secondary N) is 1. The van der Waals surface area contributed by atoms with Crippen LogP contribution in [0.5, 0.6) is 0 Å². The number of hydrogen-bond acceptors (Lipinski definition) is 4. The van der Waals surface area contributed by atoms with Gasteiger partial charge in [0.15, 0.2) is 0 Å². The Labute approximate surface area is 132 Å². The molecule has 0 spiro atoms. The highest BCUT2D eigenvalue weighted by atomic mass is 32.2. The van der Waals surface area contributed by atoms with Crippen molar-refractivity contribution in [1.82, 2.24) is 4.72 Å². The fourth-order valence-corrected chi connectivity index (χ4v) is 5.10. The first kappa shape index (κ1) is 22.1. The van der Waals surface area contributed by atoms with E-state index in [1.807, 2.05) is 4.72 Å². The Morgan fingerprint density at radius 1 is 1.05 bits per heavy atom. The van der Waals surface area contributed by atoms with Crippen LogP contribution in [-0.2, 0) is 24.6 Å². The molecule has 22 heavy (non-hydrogen) atoms. The lowest BCUT2D eigenvalue weighted by Crippen LogP contribution is -2.59. The third-order valence-electron chi connectivity index (χ3n) is 2.86. The van der Waals surface area contributed by atoms with E-state index in [9.17, 15) is 21.9 Å². The Morgan fingerprint density at radius 2 is 1.45 bits per heavy atom. The maximum absolute atomic E-state index is 13.7. The lowest BCUT2D eigenvalue weighted by atomic mass is 10.2. The second kappa shape index (κ2) is 7.75. The van der Waals surface area contributed by atoms with E-state index >= 15 is 0 Å². The summed E-state index contributed by atoms with van der Waals surface area (Å²) in [5.74, 6) is 0. The summed E-state index contributed by atoms with van der Waals surface area (Å²) in [5, 5.41) is -3.02. The standard InChI is InChI=1S/C12H25F3NO4PS/c1-7-11(12(13,14)15,16-22(18)10(4,5)6)21(17,19-8-2)20-9-3/h16H,7-9H2,1-6H3/t11-,22+/m0/s1. The van der Waals surface area contributed by atoms with Gasteiger partial charge in [0, 0.05) is 0 Å². The van der Waals surface area contributed by atoms with E-state index in [1.54, 1.807) is 0 Å². The van der Waals surface area contributed by atoms with Crippen molar-refractivity contribution in [3.8, 4) is 0 Å². The van der Waals surface area contributed by atoms with Crippen molar-refractivity contribution in [2.75, 3.05) is 13.2 Å². The van der Waals surface area contributed by atoms with Crippen molar-refractivity contribution in [1.29, 1.82) is 0 Å². The molecule has 0 heterocycles. The van der Waals surface area contributed by atoms with E-state index in [0.717, 1.165) is 0 Å². The minimum absolute atomic E-state index is 0.223. The number of halogens is 3. The van der Waals surface area contributed by atoms with Gasteiger partial charge in [0.1, 0.15) is 0 Å². The Balaban J connectivity index is 6.10. The summed E-state index contributed by atoms with van der Waals surface area (Å²) in [6, 6.07) is 0. The average Bonchev–Trinajstić information content (AvgIpc) is 2.33. The SMILES string of the molecule is CCOP(=O)(OCC)[C@](CC)(N[S@](=O)C(C)(C)C)C(F)(F)F. The topological polar surface area (TPSA) is 64.6 Å². The van der Waals surface area contributed by atoms with Gasteiger partial charge in [-0.3, -0.25) is 4.57 Å². The van der Waals surface area contributed by atoms with Crippen LogP contribution in [0.4, 0.5) is 13.2 Å². The Bertz CT molecular complexity index is 429. The minimum Gasteiger partial charge on any atom is -0.307 e. The number of rotatable bonds is 8. The molecule has 0 radical (unpaired) electrons. The number of hydrogen-bond donors (Lipinski definition) is 1. The first-order chi connectivity index (χ1) is 9.81. The van der Waals surface area contributed by atoms with Gasteiger partial charge in [-0.2, -0.15) is 13.2 Å². The molecule has 134 valence electrons. The van der Waals surface area contributed by atoms with Crippen molar-refractivity contribution in [3.05, 3.63) is 0 Å². The van der Waals surface area contributed by atoms with Gasteiger partial charge in [-0.1, -0.05) is 6.92 Å². The molecule has 0 aromatic rings. The lowest BCUT2D eigenvalue weighted by Gasteiger charge is -2.40. The quantitative estimate of drug-likeness (QED) is 0.659. The minimum atomic E-state index is -4.97. The molecule has 0 bridgehead atoms. The maximum atomic E-state index is 13.7. The average molecular weight is 367 g/mol. The van der Waals surface area contributed by atoms with Crippen LogP contribution in [0.3, 0.4) is 0 Å². The second-order valence-corrected chi connectivity index (χ2v) is 9.77. The molecule has 0 aliphatic rings. The summed E-state index contributed by atoms with van der Waals surface area (Å²) in [7, 11) is -6.74. The summed E-state index contributed by atoms with van der Waals surface area (Å²) in [5.41, 5.74) is 0. The van der Waals surface area contributed by atoms with Crippen LogP contribution >= 0.6 is 7.60 Å². The highest BCUT2D eigenvalue weighted by molar-refractivity contribution is 7.84. The van der Waals surface area contributed by atoms with Crippen molar-refractivity contribution in [2.24, 2.45) is 0 Å². The van der Waals surface area contributed by atoms with E-state index in [2.05, 4.69) is 0 Å². The van der Waals surface area contributed by atoms with Crippen molar-refractivity contribution in [2.45, 2.75) is 64.2 Å². The van der Waals surface area contributed by atoms with Crippen molar-refractivity contribution < 1.29 is 31.0 Å². The summed E-state index contributed by atoms with van der Waals surface area (Å²) >= 11 is 0. The highest BCUT2D eigenvalue weighted by Gasteiger charge is 2.68. The first-order valence-corrected chi connectivity index (χ1v) is 9.66. The van der Waals surface area contributed by atoms with Crippen LogP contribution in [0.1, 0.15) is 48.0 Å². The van der Waals surface area contributed by atoms with Crippen LogP contribution in [0.15, 0.2) is 0 Å². The molecule has 0 unspecified atom stereocenters. The van der Waals surface area contributed by atoms with Gasteiger partial charge in [0.2, 0.25) is 5.28 Å². The smallest absolute Gasteiger partial charge is 0.307 e. The number of alkyl halides is 3. The molecule has 0 amide bonds. The zero-order chi connectivity index (χ0) is 17.8. The predicted octanol–water partition coefficient (Wildman–Crippen LogP) is 3.97. The Morgan fingerprint density at radius 3 is 1.68 bits per heavy atom. The van der Waals surface area contributed by atoms with E-state index in [4.69, 9.17) is 9.05 Å². The van der Waals surface area contributed by atoms with Crippen LogP contribution < -0.4 is 4.72 Å². The molecule has 0 aromatic carbocycles. The van der Waals surface area contributed by atoms with E-state index in [1.165, 1.54) is 41.5 Å². The molecular weight excluding hydrogens is 342 g/mol. The molecule has 0 aliphatic carbocycles. The summed E-state index contributed by atoms with van der Waals surface area (Å²) in [6.07, 6.45) is -5.61. The molecule has 5 nitrogen and oxygen atoms in total. The van der Waals surface area contributed by atoms with Crippen molar-refractivity contribution >= 4 is 18.6 Å². The summed E-state index contributed by atoms with van der Waals surface area (Å²) < 4.78 is 77.0. The Kier molecular flexibility index (Phi) is 7.76. The normalized spacial score (nSPS) is 18.0. The molecule has 0 rings (SSSR count). The maximum Gasteiger partial charge on any atom is 0.419 e. The first-order valence-electron chi connectivity index (χ1n) is 6.97. The van der Waals surface area contributed by atoms with Gasteiger partial charge in [-0.25, -0.2) is 8.93 Å². The molecule has 0 saturated heterocycles. The molecular formula is C12H25F3NO4PS. The zero-order valence-electron chi connectivity index (χ0n) is 13.7. The van der Waals surface area contributed by atoms with E-state index < -0.39 is 41.2 Å². The third-order valence-corrected chi connectivity index (χ3v) is 7.47. The fourth-order valence-electron chi connectivity index (χ4n) is 1.64. The van der Waals surface area contributed by atoms with Gasteiger partial charge in [-0.15, -0.1) is 0 Å². The van der Waals surface area contributed by atoms with Gasteiger partial charge in [0.05, 0.1) is 28.9 Å². The highest BCUT2D eigenvalue weighted by Crippen LogP contribution is 2.65. The second-order valence-electron chi connectivity index (χ2n) is 5.53. The molecule has 1 N–H and O–H groups in total. The monoisotopic (exact) mass is 367 g/mol. The van der Waals surface area contributed by atoms with Crippen LogP contribution in [-0.4, -0.2) is 33.6 Å². The van der Waals surface area contributed by atoms with E-state index in [-0.39, 0.29) is 13.2 Å². The van der Waals surface area contributed by atoms with Gasteiger partial charge < -0.3 is 9.05 Å². The molecule has 10 heteroatoms.